The summed E-state index contributed by atoms with van der Waals surface area (Å²) in [5.41, 5.74) is 0.799. The molecule has 0 aliphatic heterocycles. The van der Waals surface area contributed by atoms with Gasteiger partial charge in [0.2, 0.25) is 5.91 Å². The maximum atomic E-state index is 11.9. The predicted octanol–water partition coefficient (Wildman–Crippen LogP) is 3.06. The highest BCUT2D eigenvalue weighted by Gasteiger charge is 2.13. The molecule has 5 heteroatoms. The van der Waals surface area contributed by atoms with Crippen LogP contribution in [0.2, 0.25) is 10.0 Å². The summed E-state index contributed by atoms with van der Waals surface area (Å²) in [6.45, 7) is 4.05. The van der Waals surface area contributed by atoms with Crippen LogP contribution in [0.4, 0.5) is 0 Å². The van der Waals surface area contributed by atoms with Gasteiger partial charge in [0.05, 0.1) is 29.1 Å². The number of nitrogens with one attached hydrogen (secondary N) is 1. The Morgan fingerprint density at radius 3 is 2.53 bits per heavy atom. The Bertz CT molecular complexity index is 435. The molecule has 0 saturated heterocycles. The Morgan fingerprint density at radius 1 is 1.32 bits per heavy atom. The minimum absolute atomic E-state index is 0.0503. The molecule has 1 aromatic carbocycles. The Morgan fingerprint density at radius 2 is 2.00 bits per heavy atom. The monoisotopic (exact) mass is 303 g/mol. The van der Waals surface area contributed by atoms with E-state index in [4.69, 9.17) is 23.2 Å². The van der Waals surface area contributed by atoms with Crippen LogP contribution in [-0.4, -0.2) is 23.7 Å². The van der Waals surface area contributed by atoms with Gasteiger partial charge in [-0.05, 0) is 30.0 Å². The summed E-state index contributed by atoms with van der Waals surface area (Å²) in [5.74, 6) is 0.292. The standard InChI is InChI=1S/C14H19Cl2NO2/c1-9(2)5-11(8-18)17-14(19)7-10-3-4-12(15)13(16)6-10/h3-4,6,9,11,18H,5,7-8H2,1-2H3,(H,17,19). The number of carbonyl (C=O) groups is 1. The molecule has 19 heavy (non-hydrogen) atoms. The first-order valence-electron chi connectivity index (χ1n) is 6.26. The van der Waals surface area contributed by atoms with Crippen LogP contribution >= 0.6 is 23.2 Å². The van der Waals surface area contributed by atoms with Crippen molar-refractivity contribution in [2.24, 2.45) is 5.92 Å². The molecule has 1 rings (SSSR count). The summed E-state index contributed by atoms with van der Waals surface area (Å²) in [6.07, 6.45) is 0.981. The van der Waals surface area contributed by atoms with Crippen LogP contribution in [0.1, 0.15) is 25.8 Å². The average Bonchev–Trinajstić information content (AvgIpc) is 2.32. The van der Waals surface area contributed by atoms with Crippen LogP contribution < -0.4 is 5.32 Å². The first kappa shape index (κ1) is 16.3. The minimum atomic E-state index is -0.199. The summed E-state index contributed by atoms with van der Waals surface area (Å²) in [4.78, 5) is 11.9. The second-order valence-electron chi connectivity index (χ2n) is 5.00. The zero-order valence-corrected chi connectivity index (χ0v) is 12.6. The molecule has 0 aliphatic carbocycles. The van der Waals surface area contributed by atoms with Gasteiger partial charge in [-0.15, -0.1) is 0 Å². The molecular formula is C14H19Cl2NO2. The zero-order valence-electron chi connectivity index (χ0n) is 11.1. The molecule has 1 unspecified atom stereocenters. The largest absolute Gasteiger partial charge is 0.394 e. The Kier molecular flexibility index (Phi) is 6.63. The Balaban J connectivity index is 2.56. The molecule has 0 bridgehead atoms. The fourth-order valence-corrected chi connectivity index (χ4v) is 2.18. The molecule has 0 spiro atoms. The second-order valence-corrected chi connectivity index (χ2v) is 5.82. The lowest BCUT2D eigenvalue weighted by Gasteiger charge is -2.18. The molecule has 0 heterocycles. The van der Waals surface area contributed by atoms with E-state index in [1.165, 1.54) is 0 Å². The fourth-order valence-electron chi connectivity index (χ4n) is 1.86. The normalized spacial score (nSPS) is 12.5. The first-order valence-corrected chi connectivity index (χ1v) is 7.02. The van der Waals surface area contributed by atoms with E-state index in [9.17, 15) is 9.90 Å². The third-order valence-corrected chi connectivity index (χ3v) is 3.43. The van der Waals surface area contributed by atoms with Gasteiger partial charge in [-0.3, -0.25) is 4.79 Å². The number of hydrogen-bond donors (Lipinski definition) is 2. The lowest BCUT2D eigenvalue weighted by atomic mass is 10.0. The van der Waals surface area contributed by atoms with Crippen molar-refractivity contribution in [1.82, 2.24) is 5.32 Å². The number of aliphatic hydroxyl groups excluding tert-OH is 1. The average molecular weight is 304 g/mol. The quantitative estimate of drug-likeness (QED) is 0.848. The van der Waals surface area contributed by atoms with Gasteiger partial charge in [0.1, 0.15) is 0 Å². The van der Waals surface area contributed by atoms with Gasteiger partial charge in [-0.25, -0.2) is 0 Å². The van der Waals surface area contributed by atoms with Gasteiger partial charge in [-0.1, -0.05) is 43.1 Å². The van der Waals surface area contributed by atoms with E-state index in [1.807, 2.05) is 13.8 Å². The molecular weight excluding hydrogens is 285 g/mol. The SMILES string of the molecule is CC(C)CC(CO)NC(=O)Cc1ccc(Cl)c(Cl)c1. The van der Waals surface area contributed by atoms with Crippen molar-refractivity contribution in [2.75, 3.05) is 6.61 Å². The summed E-state index contributed by atoms with van der Waals surface area (Å²) in [5, 5.41) is 12.9. The molecule has 0 fully saturated rings. The molecule has 0 saturated carbocycles. The van der Waals surface area contributed by atoms with Gasteiger partial charge in [0.25, 0.3) is 0 Å². The van der Waals surface area contributed by atoms with E-state index in [0.29, 0.717) is 16.0 Å². The van der Waals surface area contributed by atoms with Crippen molar-refractivity contribution in [1.29, 1.82) is 0 Å². The second kappa shape index (κ2) is 7.73. The molecule has 0 aliphatic rings. The van der Waals surface area contributed by atoms with Gasteiger partial charge in [-0.2, -0.15) is 0 Å². The van der Waals surface area contributed by atoms with Crippen molar-refractivity contribution in [3.8, 4) is 0 Å². The molecule has 3 nitrogen and oxygen atoms in total. The first-order chi connectivity index (χ1) is 8.92. The minimum Gasteiger partial charge on any atom is -0.394 e. The fraction of sp³-hybridized carbons (Fsp3) is 0.500. The number of halogens is 2. The van der Waals surface area contributed by atoms with E-state index in [-0.39, 0.29) is 25.0 Å². The summed E-state index contributed by atoms with van der Waals surface area (Å²) >= 11 is 11.7. The molecule has 1 aromatic rings. The van der Waals surface area contributed by atoms with E-state index in [0.717, 1.165) is 12.0 Å². The number of hydrogen-bond acceptors (Lipinski definition) is 2. The maximum Gasteiger partial charge on any atom is 0.224 e. The lowest BCUT2D eigenvalue weighted by Crippen LogP contribution is -2.39. The zero-order chi connectivity index (χ0) is 14.4. The Hall–Kier alpha value is -0.770. The molecule has 1 amide bonds. The molecule has 2 N–H and O–H groups in total. The summed E-state index contributed by atoms with van der Waals surface area (Å²) < 4.78 is 0. The van der Waals surface area contributed by atoms with Crippen LogP contribution in [0.15, 0.2) is 18.2 Å². The third-order valence-electron chi connectivity index (χ3n) is 2.69. The van der Waals surface area contributed by atoms with Crippen LogP contribution in [0.3, 0.4) is 0 Å². The molecule has 0 aromatic heterocycles. The van der Waals surface area contributed by atoms with Crippen molar-refractivity contribution in [3.63, 3.8) is 0 Å². The topological polar surface area (TPSA) is 49.3 Å². The highest BCUT2D eigenvalue weighted by Crippen LogP contribution is 2.22. The number of benzene rings is 1. The maximum absolute atomic E-state index is 11.9. The molecule has 1 atom stereocenters. The third kappa shape index (κ3) is 5.81. The number of aliphatic hydroxyl groups is 1. The van der Waals surface area contributed by atoms with Gasteiger partial charge in [0.15, 0.2) is 0 Å². The number of amides is 1. The summed E-state index contributed by atoms with van der Waals surface area (Å²) in [7, 11) is 0. The van der Waals surface area contributed by atoms with Gasteiger partial charge in [0, 0.05) is 0 Å². The lowest BCUT2D eigenvalue weighted by molar-refractivity contribution is -0.121. The summed E-state index contributed by atoms with van der Waals surface area (Å²) in [6, 6.07) is 4.92. The number of carbonyl (C=O) groups excluding carboxylic acids is 1. The highest BCUT2D eigenvalue weighted by atomic mass is 35.5. The van der Waals surface area contributed by atoms with Crippen molar-refractivity contribution >= 4 is 29.1 Å². The number of rotatable bonds is 6. The van der Waals surface area contributed by atoms with E-state index in [1.54, 1.807) is 18.2 Å². The van der Waals surface area contributed by atoms with Crippen LogP contribution in [0.25, 0.3) is 0 Å². The van der Waals surface area contributed by atoms with Crippen LogP contribution in [-0.2, 0) is 11.2 Å². The van der Waals surface area contributed by atoms with Crippen LogP contribution in [0, 0.1) is 5.92 Å². The van der Waals surface area contributed by atoms with Crippen molar-refractivity contribution in [2.45, 2.75) is 32.7 Å². The van der Waals surface area contributed by atoms with E-state index >= 15 is 0 Å². The van der Waals surface area contributed by atoms with E-state index < -0.39 is 0 Å². The Labute approximate surface area is 123 Å². The van der Waals surface area contributed by atoms with E-state index in [2.05, 4.69) is 5.32 Å². The van der Waals surface area contributed by atoms with Gasteiger partial charge >= 0.3 is 0 Å². The molecule has 0 radical (unpaired) electrons. The van der Waals surface area contributed by atoms with Crippen LogP contribution in [0.5, 0.6) is 0 Å². The highest BCUT2D eigenvalue weighted by molar-refractivity contribution is 6.42. The van der Waals surface area contributed by atoms with Gasteiger partial charge < -0.3 is 10.4 Å². The van der Waals surface area contributed by atoms with Crippen molar-refractivity contribution < 1.29 is 9.90 Å². The smallest absolute Gasteiger partial charge is 0.224 e. The predicted molar refractivity (Wildman–Crippen MR) is 78.6 cm³/mol. The van der Waals surface area contributed by atoms with Crippen molar-refractivity contribution in [3.05, 3.63) is 33.8 Å². The molecule has 106 valence electrons.